The molecule has 0 spiro atoms. The van der Waals surface area contributed by atoms with Gasteiger partial charge in [0.2, 0.25) is 0 Å². The van der Waals surface area contributed by atoms with E-state index < -0.39 is 35.3 Å². The van der Waals surface area contributed by atoms with Crippen molar-refractivity contribution in [2.45, 2.75) is 19.2 Å². The van der Waals surface area contributed by atoms with Crippen LogP contribution in [0.15, 0.2) is 67.0 Å². The van der Waals surface area contributed by atoms with Gasteiger partial charge in [-0.1, -0.05) is 18.2 Å². The summed E-state index contributed by atoms with van der Waals surface area (Å²) in [5.41, 5.74) is -1.47. The molecule has 31 heavy (non-hydrogen) atoms. The van der Waals surface area contributed by atoms with Crippen molar-refractivity contribution >= 4 is 17.5 Å². The molecule has 1 unspecified atom stereocenters. The second kappa shape index (κ2) is 9.33. The summed E-state index contributed by atoms with van der Waals surface area (Å²) in [5.74, 6) is -1.71. The maximum Gasteiger partial charge on any atom is 0.418 e. The van der Waals surface area contributed by atoms with Gasteiger partial charge in [0.15, 0.2) is 0 Å². The molecule has 7 nitrogen and oxygen atoms in total. The second-order valence-corrected chi connectivity index (χ2v) is 6.58. The van der Waals surface area contributed by atoms with Crippen LogP contribution < -0.4 is 15.4 Å². The highest BCUT2D eigenvalue weighted by Gasteiger charge is 2.35. The number of aromatic nitrogens is 2. The summed E-state index contributed by atoms with van der Waals surface area (Å²) < 4.78 is 47.3. The third-order valence-electron chi connectivity index (χ3n) is 4.16. The quantitative estimate of drug-likeness (QED) is 0.585. The fraction of sp³-hybridized carbons (Fsp3) is 0.190. The van der Waals surface area contributed by atoms with Crippen LogP contribution >= 0.6 is 0 Å². The number of para-hydroxylation sites is 1. The Labute approximate surface area is 175 Å². The van der Waals surface area contributed by atoms with Gasteiger partial charge in [-0.2, -0.15) is 18.3 Å². The zero-order valence-electron chi connectivity index (χ0n) is 16.4. The number of rotatable bonds is 6. The molecule has 0 aliphatic heterocycles. The lowest BCUT2D eigenvalue weighted by atomic mass is 10.1. The molecule has 3 aromatic rings. The first-order chi connectivity index (χ1) is 14.7. The third-order valence-corrected chi connectivity index (χ3v) is 4.16. The van der Waals surface area contributed by atoms with Crippen molar-refractivity contribution in [2.75, 3.05) is 11.9 Å². The number of alkyl halides is 3. The summed E-state index contributed by atoms with van der Waals surface area (Å²) in [6.07, 6.45) is -2.30. The second-order valence-electron chi connectivity index (χ2n) is 6.58. The van der Waals surface area contributed by atoms with Crippen LogP contribution in [0.4, 0.5) is 18.9 Å². The first kappa shape index (κ1) is 21.9. The highest BCUT2D eigenvalue weighted by Crippen LogP contribution is 2.36. The monoisotopic (exact) mass is 432 g/mol. The van der Waals surface area contributed by atoms with E-state index in [1.165, 1.54) is 23.1 Å². The molecular formula is C21H19F3N4O3. The highest BCUT2D eigenvalue weighted by atomic mass is 19.4. The number of nitrogens with zero attached hydrogens (tertiary/aromatic N) is 2. The summed E-state index contributed by atoms with van der Waals surface area (Å²) >= 11 is 0. The van der Waals surface area contributed by atoms with Gasteiger partial charge in [0.1, 0.15) is 11.9 Å². The van der Waals surface area contributed by atoms with E-state index in [9.17, 15) is 22.8 Å². The minimum absolute atomic E-state index is 0.00842. The summed E-state index contributed by atoms with van der Waals surface area (Å²) in [4.78, 5) is 24.2. The molecule has 0 aliphatic carbocycles. The third kappa shape index (κ3) is 5.84. The van der Waals surface area contributed by atoms with Crippen molar-refractivity contribution in [3.63, 3.8) is 0 Å². The number of halogens is 3. The molecule has 0 saturated carbocycles. The first-order valence-electron chi connectivity index (χ1n) is 9.26. The summed E-state index contributed by atoms with van der Waals surface area (Å²) in [6, 6.07) is 13.7. The average Bonchev–Trinajstić information content (AvgIpc) is 3.27. The van der Waals surface area contributed by atoms with E-state index in [0.717, 1.165) is 12.1 Å². The minimum Gasteiger partial charge on any atom is -0.489 e. The van der Waals surface area contributed by atoms with E-state index in [1.54, 1.807) is 37.3 Å². The normalized spacial score (nSPS) is 12.1. The Morgan fingerprint density at radius 1 is 1.10 bits per heavy atom. The van der Waals surface area contributed by atoms with E-state index in [4.69, 9.17) is 4.74 Å². The maximum atomic E-state index is 13.5. The number of carbonyl (C=O) groups is 2. The molecule has 2 N–H and O–H groups in total. The summed E-state index contributed by atoms with van der Waals surface area (Å²) in [5, 5.41) is 8.25. The van der Waals surface area contributed by atoms with Gasteiger partial charge in [-0.25, -0.2) is 4.68 Å². The average molecular weight is 432 g/mol. The van der Waals surface area contributed by atoms with E-state index in [2.05, 4.69) is 10.4 Å². The van der Waals surface area contributed by atoms with Gasteiger partial charge in [-0.15, -0.1) is 0 Å². The first-order valence-corrected chi connectivity index (χ1v) is 9.26. The topological polar surface area (TPSA) is 85.3 Å². The molecule has 1 atom stereocenters. The molecule has 0 aliphatic rings. The molecule has 2 amide bonds. The number of benzene rings is 2. The largest absolute Gasteiger partial charge is 0.489 e. The molecule has 1 aromatic heterocycles. The van der Waals surface area contributed by atoms with E-state index in [1.807, 2.05) is 11.4 Å². The van der Waals surface area contributed by atoms with Crippen molar-refractivity contribution in [3.8, 4) is 11.4 Å². The van der Waals surface area contributed by atoms with Crippen LogP contribution in [0, 0.1) is 0 Å². The summed E-state index contributed by atoms with van der Waals surface area (Å²) in [7, 11) is 0. The van der Waals surface area contributed by atoms with Crippen LogP contribution in [-0.2, 0) is 15.8 Å². The Morgan fingerprint density at radius 2 is 1.84 bits per heavy atom. The predicted molar refractivity (Wildman–Crippen MR) is 107 cm³/mol. The minimum atomic E-state index is -4.75. The molecule has 0 saturated heterocycles. The van der Waals surface area contributed by atoms with Gasteiger partial charge in [-0.05, 0) is 43.3 Å². The molecule has 2 aromatic carbocycles. The maximum absolute atomic E-state index is 13.5. The SMILES string of the molecule is CC(CNC(=O)C(=O)Nc1ccc(-n2cccn2)cc1C(F)(F)F)Oc1ccccc1. The molecular weight excluding hydrogens is 413 g/mol. The molecule has 10 heteroatoms. The van der Waals surface area contributed by atoms with Crippen LogP contribution in [0.3, 0.4) is 0 Å². The number of anilines is 1. The molecule has 0 fully saturated rings. The predicted octanol–water partition coefficient (Wildman–Crippen LogP) is 3.41. The highest BCUT2D eigenvalue weighted by molar-refractivity contribution is 6.39. The zero-order chi connectivity index (χ0) is 22.4. The summed E-state index contributed by atoms with van der Waals surface area (Å²) in [6.45, 7) is 1.67. The van der Waals surface area contributed by atoms with Crippen LogP contribution in [0.5, 0.6) is 5.75 Å². The van der Waals surface area contributed by atoms with Crippen LogP contribution in [0.25, 0.3) is 5.69 Å². The Morgan fingerprint density at radius 3 is 2.48 bits per heavy atom. The fourth-order valence-corrected chi connectivity index (χ4v) is 2.71. The lowest BCUT2D eigenvalue weighted by Crippen LogP contribution is -2.40. The number of ether oxygens (including phenoxy) is 1. The Bertz CT molecular complexity index is 1040. The standard InChI is InChI=1S/C21H19F3N4O3/c1-14(31-16-6-3-2-4-7-16)13-25-19(29)20(30)27-18-9-8-15(28-11-5-10-26-28)12-17(18)21(22,23)24/h2-12,14H,13H2,1H3,(H,25,29)(H,27,30). The fourth-order valence-electron chi connectivity index (χ4n) is 2.71. The van der Waals surface area contributed by atoms with Gasteiger partial charge >= 0.3 is 18.0 Å². The smallest absolute Gasteiger partial charge is 0.418 e. The lowest BCUT2D eigenvalue weighted by Gasteiger charge is -2.17. The van der Waals surface area contributed by atoms with E-state index in [-0.39, 0.29) is 12.2 Å². The van der Waals surface area contributed by atoms with Crippen molar-refractivity contribution < 1.29 is 27.5 Å². The zero-order valence-corrected chi connectivity index (χ0v) is 16.4. The Balaban J connectivity index is 1.64. The molecule has 1 heterocycles. The van der Waals surface area contributed by atoms with Crippen molar-refractivity contribution in [1.29, 1.82) is 0 Å². The lowest BCUT2D eigenvalue weighted by molar-refractivity contribution is -0.138. The number of amides is 2. The van der Waals surface area contributed by atoms with Crippen LogP contribution in [0.1, 0.15) is 12.5 Å². The van der Waals surface area contributed by atoms with Crippen LogP contribution in [-0.4, -0.2) is 34.2 Å². The van der Waals surface area contributed by atoms with Crippen LogP contribution in [0.2, 0.25) is 0 Å². The molecule has 0 bridgehead atoms. The van der Waals surface area contributed by atoms with Crippen molar-refractivity contribution in [1.82, 2.24) is 15.1 Å². The van der Waals surface area contributed by atoms with Gasteiger partial charge in [-0.3, -0.25) is 9.59 Å². The number of nitrogens with one attached hydrogen (secondary N) is 2. The van der Waals surface area contributed by atoms with E-state index in [0.29, 0.717) is 5.75 Å². The molecule has 162 valence electrons. The van der Waals surface area contributed by atoms with E-state index >= 15 is 0 Å². The van der Waals surface area contributed by atoms with Crippen molar-refractivity contribution in [2.24, 2.45) is 0 Å². The number of hydrogen-bond donors (Lipinski definition) is 2. The molecule has 0 radical (unpaired) electrons. The van der Waals surface area contributed by atoms with Gasteiger partial charge in [0.05, 0.1) is 23.5 Å². The van der Waals surface area contributed by atoms with Gasteiger partial charge in [0.25, 0.3) is 0 Å². The Hall–Kier alpha value is -3.82. The number of hydrogen-bond acceptors (Lipinski definition) is 4. The Kier molecular flexibility index (Phi) is 6.58. The number of carbonyl (C=O) groups excluding carboxylic acids is 2. The van der Waals surface area contributed by atoms with Gasteiger partial charge in [0, 0.05) is 12.4 Å². The van der Waals surface area contributed by atoms with Crippen molar-refractivity contribution in [3.05, 3.63) is 72.6 Å². The van der Waals surface area contributed by atoms with Gasteiger partial charge < -0.3 is 15.4 Å². The molecule has 3 rings (SSSR count).